The molecule has 6 heteroatoms. The molecule has 1 unspecified atom stereocenters. The van der Waals surface area contributed by atoms with Crippen molar-refractivity contribution < 1.29 is 4.79 Å². The van der Waals surface area contributed by atoms with Gasteiger partial charge in [0.1, 0.15) is 0 Å². The quantitative estimate of drug-likeness (QED) is 0.625. The maximum absolute atomic E-state index is 12.7. The van der Waals surface area contributed by atoms with Crippen LogP contribution >= 0.6 is 11.3 Å². The number of nitrogens with one attached hydrogen (secondary N) is 2. The second kappa shape index (κ2) is 9.22. The lowest BCUT2D eigenvalue weighted by atomic mass is 9.88. The Hall–Kier alpha value is -1.56. The van der Waals surface area contributed by atoms with Crippen molar-refractivity contribution in [1.29, 1.82) is 0 Å². The predicted molar refractivity (Wildman–Crippen MR) is 104 cm³/mol. The molecule has 5 nitrogen and oxygen atoms in total. The molecule has 0 spiro atoms. The van der Waals surface area contributed by atoms with Gasteiger partial charge in [-0.2, -0.15) is 11.3 Å². The smallest absolute Gasteiger partial charge is 0.225 e. The Morgan fingerprint density at radius 1 is 1.32 bits per heavy atom. The van der Waals surface area contributed by atoms with Crippen LogP contribution in [0.15, 0.2) is 21.8 Å². The van der Waals surface area contributed by atoms with Gasteiger partial charge in [-0.1, -0.05) is 19.3 Å². The zero-order valence-corrected chi connectivity index (χ0v) is 16.0. The third kappa shape index (κ3) is 5.21. The largest absolute Gasteiger partial charge is 0.356 e. The number of nitrogens with zero attached hydrogens (tertiary/aromatic N) is 2. The number of carbonyl (C=O) groups excluding carboxylic acids is 1. The van der Waals surface area contributed by atoms with E-state index in [1.165, 1.54) is 24.8 Å². The summed E-state index contributed by atoms with van der Waals surface area (Å²) < 4.78 is 0. The van der Waals surface area contributed by atoms with Crippen LogP contribution in [-0.2, 0) is 11.2 Å². The molecule has 1 amide bonds. The number of guanidine groups is 1. The summed E-state index contributed by atoms with van der Waals surface area (Å²) in [4.78, 5) is 19.0. The van der Waals surface area contributed by atoms with Gasteiger partial charge in [-0.15, -0.1) is 0 Å². The second-order valence-electron chi connectivity index (χ2n) is 7.13. The third-order valence-electron chi connectivity index (χ3n) is 5.31. The van der Waals surface area contributed by atoms with Crippen LogP contribution in [0.25, 0.3) is 0 Å². The summed E-state index contributed by atoms with van der Waals surface area (Å²) in [5.74, 6) is 1.49. The zero-order chi connectivity index (χ0) is 17.5. The van der Waals surface area contributed by atoms with Gasteiger partial charge in [0.25, 0.3) is 0 Å². The van der Waals surface area contributed by atoms with Crippen molar-refractivity contribution >= 4 is 23.2 Å². The highest BCUT2D eigenvalue weighted by atomic mass is 32.1. The number of hydrogen-bond donors (Lipinski definition) is 2. The Kier molecular flexibility index (Phi) is 6.73. The van der Waals surface area contributed by atoms with Gasteiger partial charge in [0.2, 0.25) is 5.91 Å². The van der Waals surface area contributed by atoms with E-state index in [0.29, 0.717) is 11.9 Å². The molecule has 25 heavy (non-hydrogen) atoms. The van der Waals surface area contributed by atoms with Gasteiger partial charge in [-0.25, -0.2) is 0 Å². The summed E-state index contributed by atoms with van der Waals surface area (Å²) in [6.45, 7) is 2.55. The van der Waals surface area contributed by atoms with Gasteiger partial charge in [0, 0.05) is 38.6 Å². The molecule has 2 fully saturated rings. The second-order valence-corrected chi connectivity index (χ2v) is 7.91. The molecule has 0 aromatic carbocycles. The third-order valence-corrected chi connectivity index (χ3v) is 6.04. The lowest BCUT2D eigenvalue weighted by molar-refractivity contribution is -0.135. The van der Waals surface area contributed by atoms with E-state index in [2.05, 4.69) is 37.4 Å². The Morgan fingerprint density at radius 3 is 2.88 bits per heavy atom. The highest BCUT2D eigenvalue weighted by Gasteiger charge is 2.31. The highest BCUT2D eigenvalue weighted by molar-refractivity contribution is 7.07. The van der Waals surface area contributed by atoms with E-state index < -0.39 is 0 Å². The first kappa shape index (κ1) is 18.2. The molecule has 2 heterocycles. The maximum atomic E-state index is 12.7. The molecule has 1 aliphatic heterocycles. The van der Waals surface area contributed by atoms with E-state index in [9.17, 15) is 4.79 Å². The Labute approximate surface area is 154 Å². The molecule has 2 aliphatic rings. The zero-order valence-electron chi connectivity index (χ0n) is 15.2. The Bertz CT molecular complexity index is 566. The van der Waals surface area contributed by atoms with Gasteiger partial charge in [-0.05, 0) is 48.1 Å². The van der Waals surface area contributed by atoms with E-state index in [0.717, 1.165) is 51.3 Å². The lowest BCUT2D eigenvalue weighted by Gasteiger charge is -2.26. The first-order valence-electron chi connectivity index (χ1n) is 9.53. The Balaban J connectivity index is 1.40. The molecule has 1 saturated heterocycles. The van der Waals surface area contributed by atoms with Crippen molar-refractivity contribution in [3.8, 4) is 0 Å². The van der Waals surface area contributed by atoms with E-state index in [4.69, 9.17) is 0 Å². The van der Waals surface area contributed by atoms with Crippen LogP contribution in [0.3, 0.4) is 0 Å². The fourth-order valence-corrected chi connectivity index (χ4v) is 4.54. The summed E-state index contributed by atoms with van der Waals surface area (Å²) in [5, 5.41) is 11.2. The summed E-state index contributed by atoms with van der Waals surface area (Å²) in [6, 6.07) is 2.47. The van der Waals surface area contributed by atoms with Gasteiger partial charge in [0.15, 0.2) is 5.96 Å². The van der Waals surface area contributed by atoms with Crippen LogP contribution in [0.5, 0.6) is 0 Å². The van der Waals surface area contributed by atoms with Crippen molar-refractivity contribution in [2.24, 2.45) is 10.9 Å². The molecule has 3 rings (SSSR count). The summed E-state index contributed by atoms with van der Waals surface area (Å²) in [7, 11) is 1.81. The molecule has 1 aromatic rings. The number of likely N-dealkylation sites (tertiary alicyclic amines) is 1. The number of rotatable bonds is 5. The molecule has 0 radical (unpaired) electrons. The van der Waals surface area contributed by atoms with E-state index in [-0.39, 0.29) is 5.92 Å². The van der Waals surface area contributed by atoms with Crippen LogP contribution in [0.1, 0.15) is 44.1 Å². The van der Waals surface area contributed by atoms with Crippen LogP contribution in [0, 0.1) is 5.92 Å². The first-order chi connectivity index (χ1) is 12.3. The fourth-order valence-electron chi connectivity index (χ4n) is 3.83. The monoisotopic (exact) mass is 362 g/mol. The standard InChI is InChI=1S/C19H30N4OS/c1-20-19(21-10-7-15-9-12-25-14-15)22-17-8-11-23(13-17)18(24)16-5-3-2-4-6-16/h9,12,14,16-17H,2-8,10-11,13H2,1H3,(H2,20,21,22). The SMILES string of the molecule is CN=C(NCCc1ccsc1)NC1CCN(C(=O)C2CCCCC2)C1. The van der Waals surface area contributed by atoms with Gasteiger partial charge >= 0.3 is 0 Å². The molecule has 1 aliphatic carbocycles. The van der Waals surface area contributed by atoms with Crippen LogP contribution < -0.4 is 10.6 Å². The van der Waals surface area contributed by atoms with Gasteiger partial charge in [-0.3, -0.25) is 9.79 Å². The number of carbonyl (C=O) groups is 1. The van der Waals surface area contributed by atoms with Crippen LogP contribution in [0.4, 0.5) is 0 Å². The van der Waals surface area contributed by atoms with Gasteiger partial charge < -0.3 is 15.5 Å². The van der Waals surface area contributed by atoms with Crippen LogP contribution in [0.2, 0.25) is 0 Å². The van der Waals surface area contributed by atoms with Crippen molar-refractivity contribution in [1.82, 2.24) is 15.5 Å². The van der Waals surface area contributed by atoms with Crippen molar-refractivity contribution in [2.75, 3.05) is 26.7 Å². The number of hydrogen-bond acceptors (Lipinski definition) is 3. The molecule has 0 bridgehead atoms. The summed E-state index contributed by atoms with van der Waals surface area (Å²) in [5.41, 5.74) is 1.36. The number of aliphatic imine (C=N–C) groups is 1. The summed E-state index contributed by atoms with van der Waals surface area (Å²) in [6.07, 6.45) is 7.89. The highest BCUT2D eigenvalue weighted by Crippen LogP contribution is 2.26. The average molecular weight is 363 g/mol. The van der Waals surface area contributed by atoms with Crippen molar-refractivity contribution in [3.63, 3.8) is 0 Å². The minimum atomic E-state index is 0.274. The van der Waals surface area contributed by atoms with Gasteiger partial charge in [0.05, 0.1) is 0 Å². The fraction of sp³-hybridized carbons (Fsp3) is 0.684. The lowest BCUT2D eigenvalue weighted by Crippen LogP contribution is -2.46. The average Bonchev–Trinajstić information content (AvgIpc) is 3.33. The normalized spacial score (nSPS) is 22.2. The molecule has 1 saturated carbocycles. The topological polar surface area (TPSA) is 56.7 Å². The van der Waals surface area contributed by atoms with E-state index >= 15 is 0 Å². The van der Waals surface area contributed by atoms with Crippen LogP contribution in [-0.4, -0.2) is 49.5 Å². The maximum Gasteiger partial charge on any atom is 0.225 e. The Morgan fingerprint density at radius 2 is 2.16 bits per heavy atom. The van der Waals surface area contributed by atoms with Crippen molar-refractivity contribution in [2.45, 2.75) is 51.0 Å². The van der Waals surface area contributed by atoms with E-state index in [1.54, 1.807) is 18.4 Å². The number of amides is 1. The van der Waals surface area contributed by atoms with Crippen molar-refractivity contribution in [3.05, 3.63) is 22.4 Å². The molecule has 2 N–H and O–H groups in total. The molecule has 1 atom stereocenters. The first-order valence-corrected chi connectivity index (χ1v) is 10.5. The molecule has 1 aromatic heterocycles. The predicted octanol–water partition coefficient (Wildman–Crippen LogP) is 2.64. The van der Waals surface area contributed by atoms with E-state index in [1.807, 2.05) is 0 Å². The molecular formula is C19H30N4OS. The molecule has 138 valence electrons. The minimum absolute atomic E-state index is 0.274. The minimum Gasteiger partial charge on any atom is -0.356 e. The number of thiophene rings is 1. The summed E-state index contributed by atoms with van der Waals surface area (Å²) >= 11 is 1.73. The molecular weight excluding hydrogens is 332 g/mol.